The van der Waals surface area contributed by atoms with Gasteiger partial charge in [0.15, 0.2) is 0 Å². The summed E-state index contributed by atoms with van der Waals surface area (Å²) >= 11 is 0. The van der Waals surface area contributed by atoms with Crippen LogP contribution in [0.4, 0.5) is 0 Å². The largest absolute Gasteiger partial charge is 0.366 e. The number of nitrogens with zero attached hydrogens (tertiary/aromatic N) is 1. The summed E-state index contributed by atoms with van der Waals surface area (Å²) in [6.45, 7) is 6.36. The predicted molar refractivity (Wildman–Crippen MR) is 50.0 cm³/mol. The second-order valence-corrected chi connectivity index (χ2v) is 5.37. The third kappa shape index (κ3) is 0.749. The summed E-state index contributed by atoms with van der Waals surface area (Å²) in [6, 6.07) is 0. The van der Waals surface area contributed by atoms with E-state index in [1.165, 1.54) is 0 Å². The number of aliphatic hydroxyl groups is 1. The Morgan fingerprint density at radius 3 is 2.46 bits per heavy atom. The van der Waals surface area contributed by atoms with Crippen LogP contribution in [0.1, 0.15) is 40.0 Å². The molecule has 0 aromatic heterocycles. The fraction of sp³-hybridized carbons (Fsp3) is 1.00. The molecule has 3 unspecified atom stereocenters. The smallest absolute Gasteiger partial charge is 0.213 e. The highest BCUT2D eigenvalue weighted by atomic mass is 16.4. The van der Waals surface area contributed by atoms with Crippen LogP contribution in [0.3, 0.4) is 0 Å². The third-order valence-electron chi connectivity index (χ3n) is 4.97. The van der Waals surface area contributed by atoms with E-state index >= 15 is 0 Å². The molecule has 0 aliphatic heterocycles. The van der Waals surface area contributed by atoms with Gasteiger partial charge in [-0.1, -0.05) is 20.8 Å². The molecule has 0 aromatic carbocycles. The topological polar surface area (TPSA) is 49.7 Å². The van der Waals surface area contributed by atoms with E-state index in [1.807, 2.05) is 6.92 Å². The fourth-order valence-electron chi connectivity index (χ4n) is 3.35. The third-order valence-corrected chi connectivity index (χ3v) is 4.97. The first kappa shape index (κ1) is 7.92. The van der Waals surface area contributed by atoms with Crippen LogP contribution in [0, 0.1) is 21.7 Å². The van der Waals surface area contributed by atoms with Crippen molar-refractivity contribution in [2.75, 3.05) is 0 Å². The molecule has 0 aromatic rings. The van der Waals surface area contributed by atoms with Crippen LogP contribution in [0.25, 0.3) is 0 Å². The lowest BCUT2D eigenvalue weighted by molar-refractivity contribution is -0.0834. The molecular formula is C10H17NO2. The lowest BCUT2D eigenvalue weighted by Gasteiger charge is -2.40. The second kappa shape index (κ2) is 2.14. The van der Waals surface area contributed by atoms with Gasteiger partial charge in [-0.25, -0.2) is 0 Å². The maximum Gasteiger partial charge on any atom is 0.213 e. The predicted octanol–water partition coefficient (Wildman–Crippen LogP) is 2.29. The van der Waals surface area contributed by atoms with Gasteiger partial charge in [0.1, 0.15) is 0 Å². The second-order valence-electron chi connectivity index (χ2n) is 5.37. The molecule has 0 amide bonds. The molecule has 0 saturated heterocycles. The maximum atomic E-state index is 10.9. The molecule has 3 atom stereocenters. The monoisotopic (exact) mass is 184 g/mol. The van der Waals surface area contributed by atoms with Crippen LogP contribution in [-0.4, -0.2) is 12.3 Å². The summed E-state index contributed by atoms with van der Waals surface area (Å²) in [5.41, 5.74) is -1.31. The summed E-state index contributed by atoms with van der Waals surface area (Å²) in [5, 5.41) is 7.82. The average Bonchev–Trinajstić information content (AvgIpc) is 2.48. The van der Waals surface area contributed by atoms with Crippen molar-refractivity contribution in [2.45, 2.75) is 45.8 Å². The molecule has 13 heavy (non-hydrogen) atoms. The number of hydrogen-bond acceptors (Lipinski definition) is 3. The van der Waals surface area contributed by atoms with Crippen molar-refractivity contribution in [2.24, 2.45) is 21.9 Å². The molecule has 0 spiro atoms. The van der Waals surface area contributed by atoms with Crippen molar-refractivity contribution >= 4 is 0 Å². The van der Waals surface area contributed by atoms with Gasteiger partial charge in [-0.2, -0.15) is 0 Å². The molecule has 74 valence electrons. The van der Waals surface area contributed by atoms with E-state index in [0.29, 0.717) is 12.3 Å². The molecule has 2 aliphatic carbocycles. The van der Waals surface area contributed by atoms with Gasteiger partial charge in [-0.05, 0) is 29.4 Å². The van der Waals surface area contributed by atoms with E-state index in [1.54, 1.807) is 0 Å². The Morgan fingerprint density at radius 2 is 2.23 bits per heavy atom. The van der Waals surface area contributed by atoms with E-state index in [-0.39, 0.29) is 10.8 Å². The molecule has 0 radical (unpaired) electrons. The zero-order chi connectivity index (χ0) is 10.6. The molecule has 2 fully saturated rings. The van der Waals surface area contributed by atoms with Crippen molar-refractivity contribution in [1.29, 1.82) is 1.43 Å². The Labute approximate surface area is 80.0 Å². The van der Waals surface area contributed by atoms with Gasteiger partial charge < -0.3 is 5.11 Å². The van der Waals surface area contributed by atoms with Gasteiger partial charge in [-0.15, -0.1) is 4.91 Å². The van der Waals surface area contributed by atoms with Crippen LogP contribution >= 0.6 is 0 Å². The Morgan fingerprint density at radius 1 is 1.54 bits per heavy atom. The van der Waals surface area contributed by atoms with Crippen molar-refractivity contribution in [1.82, 2.24) is 0 Å². The van der Waals surface area contributed by atoms with Gasteiger partial charge in [-0.3, -0.25) is 0 Å². The van der Waals surface area contributed by atoms with Crippen LogP contribution in [0.15, 0.2) is 5.18 Å². The van der Waals surface area contributed by atoms with E-state index < -0.39 is 5.72 Å². The maximum absolute atomic E-state index is 10.9. The minimum atomic E-state index is -1.10. The number of nitroso groups, excluding NO2 is 1. The lowest BCUT2D eigenvalue weighted by Crippen LogP contribution is -2.45. The highest BCUT2D eigenvalue weighted by molar-refractivity contribution is 5.16. The normalized spacial score (nSPS) is 53.5. The Hall–Kier alpha value is -0.440. The van der Waals surface area contributed by atoms with Crippen LogP contribution in [0.2, 0.25) is 0 Å². The number of fused-ring (bicyclic) bond motifs is 2. The average molecular weight is 184 g/mol. The molecule has 0 heterocycles. The van der Waals surface area contributed by atoms with Gasteiger partial charge in [0.05, 0.1) is 0 Å². The van der Waals surface area contributed by atoms with Gasteiger partial charge in [0.25, 0.3) is 0 Å². The molecule has 3 nitrogen and oxygen atoms in total. The zero-order valence-corrected chi connectivity index (χ0v) is 8.46. The van der Waals surface area contributed by atoms with Crippen LogP contribution in [0.5, 0.6) is 0 Å². The number of rotatable bonds is 2. The van der Waals surface area contributed by atoms with Gasteiger partial charge >= 0.3 is 0 Å². The van der Waals surface area contributed by atoms with Gasteiger partial charge in [0.2, 0.25) is 7.16 Å². The quantitative estimate of drug-likeness (QED) is 0.669. The van der Waals surface area contributed by atoms with E-state index in [2.05, 4.69) is 19.0 Å². The molecule has 2 saturated carbocycles. The summed E-state index contributed by atoms with van der Waals surface area (Å²) in [7, 11) is 0. The highest BCUT2D eigenvalue weighted by Crippen LogP contribution is 2.69. The van der Waals surface area contributed by atoms with Crippen LogP contribution < -0.4 is 0 Å². The minimum absolute atomic E-state index is 0.0575. The molecule has 2 rings (SSSR count). The molecular weight excluding hydrogens is 166 g/mol. The van der Waals surface area contributed by atoms with Crippen molar-refractivity contribution in [3.8, 4) is 0 Å². The van der Waals surface area contributed by atoms with E-state index in [4.69, 9.17) is 6.54 Å². The summed E-state index contributed by atoms with van der Waals surface area (Å²) < 4.78 is 7.11. The molecule has 2 bridgehead atoms. The van der Waals surface area contributed by atoms with E-state index in [9.17, 15) is 4.91 Å². The molecule has 1 N–H and O–H groups in total. The first-order valence-corrected chi connectivity index (χ1v) is 4.92. The summed E-state index contributed by atoms with van der Waals surface area (Å²) in [6.07, 6.45) is 2.68. The van der Waals surface area contributed by atoms with E-state index in [0.717, 1.165) is 12.8 Å². The van der Waals surface area contributed by atoms with Crippen molar-refractivity contribution in [3.63, 3.8) is 0 Å². The number of hydrogen-bond donors (Lipinski definition) is 1. The Balaban J connectivity index is 2.49. The zero-order valence-electron chi connectivity index (χ0n) is 9.46. The van der Waals surface area contributed by atoms with Crippen molar-refractivity contribution < 1.29 is 5.11 Å². The Bertz CT molecular complexity index is 281. The highest BCUT2D eigenvalue weighted by Gasteiger charge is 2.69. The van der Waals surface area contributed by atoms with Crippen molar-refractivity contribution in [3.05, 3.63) is 4.91 Å². The van der Waals surface area contributed by atoms with Gasteiger partial charge in [0, 0.05) is 11.8 Å². The first-order valence-electron chi connectivity index (χ1n) is 5.33. The molecule has 3 heteroatoms. The fourth-order valence-corrected chi connectivity index (χ4v) is 3.35. The van der Waals surface area contributed by atoms with Crippen LogP contribution in [-0.2, 0) is 0 Å². The summed E-state index contributed by atoms with van der Waals surface area (Å²) in [4.78, 5) is 10.9. The Kier molecular flexibility index (Phi) is 1.30. The lowest BCUT2D eigenvalue weighted by atomic mass is 9.68. The minimum Gasteiger partial charge on any atom is -0.366 e. The first-order chi connectivity index (χ1) is 6.43. The standard InChI is InChI=1S/C10H17NO2/c1-8(2)7-4-5-9(8,3)10(12,6-7)11-13/h7,12H,4-6H2,1-3H3/i12D. The summed E-state index contributed by atoms with van der Waals surface area (Å²) in [5.74, 6) is 0.468. The SMILES string of the molecule is [2H]OC1(N=O)CC2CCC1(C)C2(C)C. The molecule has 2 aliphatic rings.